The molecular formula is C11H11NO3. The first kappa shape index (κ1) is 9.71. The summed E-state index contributed by atoms with van der Waals surface area (Å²) in [6.45, 7) is 0. The molecule has 1 atom stereocenters. The number of benzene rings is 1. The Morgan fingerprint density at radius 2 is 1.93 bits per heavy atom. The predicted octanol–water partition coefficient (Wildman–Crippen LogP) is 1.25. The van der Waals surface area contributed by atoms with Crippen LogP contribution in [0.25, 0.3) is 0 Å². The Labute approximate surface area is 87.2 Å². The number of amides is 1. The molecule has 1 aromatic rings. The number of alkyl carbamates (subject to hydrolysis) is 1. The van der Waals surface area contributed by atoms with Crippen molar-refractivity contribution in [3.63, 3.8) is 0 Å². The van der Waals surface area contributed by atoms with Crippen molar-refractivity contribution < 1.29 is 14.3 Å². The fourth-order valence-electron chi connectivity index (χ4n) is 1.54. The lowest BCUT2D eigenvalue weighted by Gasteiger charge is -2.04. The van der Waals surface area contributed by atoms with Crippen LogP contribution in [0.2, 0.25) is 0 Å². The van der Waals surface area contributed by atoms with Crippen LogP contribution in [0.15, 0.2) is 30.3 Å². The molecule has 1 fully saturated rings. The maximum atomic E-state index is 11.1. The van der Waals surface area contributed by atoms with Crippen LogP contribution in [0.5, 0.6) is 0 Å². The molecule has 1 aliphatic rings. The van der Waals surface area contributed by atoms with E-state index in [1.165, 1.54) is 0 Å². The minimum Gasteiger partial charge on any atom is -0.375 e. The molecule has 1 heterocycles. The Kier molecular flexibility index (Phi) is 2.67. The maximum Gasteiger partial charge on any atom is 0.415 e. The van der Waals surface area contributed by atoms with Gasteiger partial charge in [0.05, 0.1) is 0 Å². The average molecular weight is 205 g/mol. The molecular weight excluding hydrogens is 194 g/mol. The van der Waals surface area contributed by atoms with Crippen LogP contribution >= 0.6 is 0 Å². The van der Waals surface area contributed by atoms with E-state index in [1.807, 2.05) is 30.3 Å². The standard InChI is InChI=1S/C11H11NO3/c13-10-9(12-11(14)15-10)7-6-8-4-2-1-3-5-8/h1-5,9H,6-7H2,(H,12,14)/t9-/m1/s1. The number of nitrogens with one attached hydrogen (secondary N) is 1. The molecule has 0 aliphatic carbocycles. The van der Waals surface area contributed by atoms with Gasteiger partial charge in [-0.3, -0.25) is 0 Å². The van der Waals surface area contributed by atoms with E-state index in [4.69, 9.17) is 0 Å². The monoisotopic (exact) mass is 205 g/mol. The van der Waals surface area contributed by atoms with Crippen LogP contribution in [0.4, 0.5) is 4.79 Å². The van der Waals surface area contributed by atoms with E-state index < -0.39 is 18.1 Å². The van der Waals surface area contributed by atoms with Crippen molar-refractivity contribution in [2.75, 3.05) is 0 Å². The van der Waals surface area contributed by atoms with E-state index in [0.29, 0.717) is 6.42 Å². The zero-order valence-corrected chi connectivity index (χ0v) is 8.10. The summed E-state index contributed by atoms with van der Waals surface area (Å²) in [5.41, 5.74) is 1.14. The van der Waals surface area contributed by atoms with Gasteiger partial charge >= 0.3 is 12.1 Å². The number of hydrogen-bond donors (Lipinski definition) is 1. The van der Waals surface area contributed by atoms with Crippen LogP contribution in [0.3, 0.4) is 0 Å². The Hall–Kier alpha value is -1.84. The van der Waals surface area contributed by atoms with Crippen molar-refractivity contribution in [3.8, 4) is 0 Å². The van der Waals surface area contributed by atoms with Crippen molar-refractivity contribution >= 4 is 12.1 Å². The molecule has 2 rings (SSSR count). The lowest BCUT2D eigenvalue weighted by molar-refractivity contribution is -0.135. The van der Waals surface area contributed by atoms with Crippen LogP contribution < -0.4 is 5.32 Å². The Morgan fingerprint density at radius 3 is 2.53 bits per heavy atom. The van der Waals surface area contributed by atoms with Crippen LogP contribution in [-0.2, 0) is 16.0 Å². The van der Waals surface area contributed by atoms with E-state index in [-0.39, 0.29) is 0 Å². The molecule has 1 aliphatic heterocycles. The van der Waals surface area contributed by atoms with Crippen molar-refractivity contribution in [1.29, 1.82) is 0 Å². The van der Waals surface area contributed by atoms with Crippen LogP contribution in [0, 0.1) is 0 Å². The highest BCUT2D eigenvalue weighted by Crippen LogP contribution is 2.09. The molecule has 78 valence electrons. The lowest BCUT2D eigenvalue weighted by Crippen LogP contribution is -2.29. The summed E-state index contributed by atoms with van der Waals surface area (Å²) in [4.78, 5) is 21.8. The number of carbonyl (C=O) groups is 2. The Balaban J connectivity index is 1.89. The van der Waals surface area contributed by atoms with Gasteiger partial charge in [-0.25, -0.2) is 9.59 Å². The molecule has 1 aromatic carbocycles. The van der Waals surface area contributed by atoms with Gasteiger partial charge in [-0.15, -0.1) is 0 Å². The quantitative estimate of drug-likeness (QED) is 0.597. The maximum absolute atomic E-state index is 11.1. The molecule has 1 amide bonds. The minimum atomic E-state index is -0.641. The molecule has 4 heteroatoms. The summed E-state index contributed by atoms with van der Waals surface area (Å²) >= 11 is 0. The van der Waals surface area contributed by atoms with Gasteiger partial charge in [-0.1, -0.05) is 30.3 Å². The summed E-state index contributed by atoms with van der Waals surface area (Å²) in [6.07, 6.45) is 0.688. The van der Waals surface area contributed by atoms with Gasteiger partial charge in [0.25, 0.3) is 0 Å². The van der Waals surface area contributed by atoms with Crippen molar-refractivity contribution in [3.05, 3.63) is 35.9 Å². The molecule has 0 saturated carbocycles. The number of hydrogen-bond acceptors (Lipinski definition) is 3. The smallest absolute Gasteiger partial charge is 0.375 e. The Bertz CT molecular complexity index is 375. The second kappa shape index (κ2) is 4.13. The zero-order chi connectivity index (χ0) is 10.7. The molecule has 4 nitrogen and oxygen atoms in total. The molecule has 0 unspecified atom stereocenters. The number of esters is 1. The third-order valence-electron chi connectivity index (χ3n) is 2.33. The van der Waals surface area contributed by atoms with E-state index in [0.717, 1.165) is 12.0 Å². The van der Waals surface area contributed by atoms with Gasteiger partial charge in [0.1, 0.15) is 6.04 Å². The van der Waals surface area contributed by atoms with Gasteiger partial charge < -0.3 is 10.1 Å². The van der Waals surface area contributed by atoms with Gasteiger partial charge in [0.2, 0.25) is 0 Å². The summed E-state index contributed by atoms with van der Waals surface area (Å²) < 4.78 is 4.37. The molecule has 0 spiro atoms. The number of cyclic esters (lactones) is 2. The van der Waals surface area contributed by atoms with Gasteiger partial charge in [0, 0.05) is 0 Å². The Morgan fingerprint density at radius 1 is 1.20 bits per heavy atom. The highest BCUT2D eigenvalue weighted by molar-refractivity contribution is 5.95. The summed E-state index contributed by atoms with van der Waals surface area (Å²) in [7, 11) is 0. The summed E-state index contributed by atoms with van der Waals surface area (Å²) in [5.74, 6) is -0.476. The first-order valence-corrected chi connectivity index (χ1v) is 4.82. The first-order chi connectivity index (χ1) is 7.25. The fraction of sp³-hybridized carbons (Fsp3) is 0.273. The predicted molar refractivity (Wildman–Crippen MR) is 53.2 cm³/mol. The summed E-state index contributed by atoms with van der Waals surface area (Å²) in [6, 6.07) is 9.32. The largest absolute Gasteiger partial charge is 0.415 e. The van der Waals surface area contributed by atoms with Gasteiger partial charge in [-0.05, 0) is 18.4 Å². The van der Waals surface area contributed by atoms with E-state index in [2.05, 4.69) is 10.1 Å². The zero-order valence-electron chi connectivity index (χ0n) is 8.10. The topological polar surface area (TPSA) is 55.4 Å². The van der Waals surface area contributed by atoms with Crippen molar-refractivity contribution in [2.45, 2.75) is 18.9 Å². The highest BCUT2D eigenvalue weighted by Gasteiger charge is 2.31. The number of rotatable bonds is 3. The molecule has 15 heavy (non-hydrogen) atoms. The first-order valence-electron chi connectivity index (χ1n) is 4.82. The number of ether oxygens (including phenoxy) is 1. The van der Waals surface area contributed by atoms with Gasteiger partial charge in [-0.2, -0.15) is 0 Å². The second-order valence-electron chi connectivity index (χ2n) is 3.43. The second-order valence-corrected chi connectivity index (χ2v) is 3.43. The average Bonchev–Trinajstić information content (AvgIpc) is 2.56. The molecule has 0 aromatic heterocycles. The fourth-order valence-corrected chi connectivity index (χ4v) is 1.54. The lowest BCUT2D eigenvalue weighted by atomic mass is 10.1. The minimum absolute atomic E-state index is 0.476. The molecule has 1 saturated heterocycles. The van der Waals surface area contributed by atoms with E-state index >= 15 is 0 Å². The third-order valence-corrected chi connectivity index (χ3v) is 2.33. The van der Waals surface area contributed by atoms with Crippen molar-refractivity contribution in [1.82, 2.24) is 5.32 Å². The summed E-state index contributed by atoms with van der Waals surface area (Å²) in [5, 5.41) is 2.46. The number of carbonyl (C=O) groups excluding carboxylic acids is 2. The van der Waals surface area contributed by atoms with Crippen LogP contribution in [0.1, 0.15) is 12.0 Å². The van der Waals surface area contributed by atoms with Gasteiger partial charge in [0.15, 0.2) is 0 Å². The third kappa shape index (κ3) is 2.34. The SMILES string of the molecule is O=C1N[C@H](CCc2ccccc2)C(=O)O1. The van der Waals surface area contributed by atoms with E-state index in [1.54, 1.807) is 0 Å². The highest BCUT2D eigenvalue weighted by atomic mass is 16.6. The number of aryl methyl sites for hydroxylation is 1. The van der Waals surface area contributed by atoms with Crippen molar-refractivity contribution in [2.24, 2.45) is 0 Å². The molecule has 0 bridgehead atoms. The molecule has 0 radical (unpaired) electrons. The molecule has 1 N–H and O–H groups in total. The van der Waals surface area contributed by atoms with E-state index in [9.17, 15) is 9.59 Å². The normalized spacial score (nSPS) is 19.9. The van der Waals surface area contributed by atoms with Crippen LogP contribution in [-0.4, -0.2) is 18.1 Å².